The van der Waals surface area contributed by atoms with Gasteiger partial charge in [0, 0.05) is 25.6 Å². The largest absolute Gasteiger partial charge is 0.352 e. The Balaban J connectivity index is 1.59. The highest BCUT2D eigenvalue weighted by atomic mass is 35.5. The van der Waals surface area contributed by atoms with Crippen molar-refractivity contribution < 1.29 is 18.0 Å². The summed E-state index contributed by atoms with van der Waals surface area (Å²) >= 11 is 11.9. The number of sulfonamides is 1. The number of piperidine rings is 1. The Morgan fingerprint density at radius 3 is 2.42 bits per heavy atom. The van der Waals surface area contributed by atoms with Gasteiger partial charge in [-0.25, -0.2) is 12.7 Å². The first-order valence-electron chi connectivity index (χ1n) is 10.8. The Bertz CT molecular complexity index is 1120. The third-order valence-corrected chi connectivity index (χ3v) is 8.11. The van der Waals surface area contributed by atoms with Gasteiger partial charge in [-0.3, -0.25) is 9.59 Å². The molecule has 0 bridgehead atoms. The minimum Gasteiger partial charge on any atom is -0.352 e. The third-order valence-electron chi connectivity index (χ3n) is 5.52. The number of anilines is 1. The van der Waals surface area contributed by atoms with Crippen molar-refractivity contribution in [1.29, 1.82) is 0 Å². The van der Waals surface area contributed by atoms with Gasteiger partial charge in [-0.2, -0.15) is 0 Å². The molecule has 1 saturated heterocycles. The molecule has 3 rings (SSSR count). The Morgan fingerprint density at radius 1 is 1.06 bits per heavy atom. The van der Waals surface area contributed by atoms with Crippen LogP contribution in [0, 0.1) is 5.92 Å². The van der Waals surface area contributed by atoms with Crippen LogP contribution in [0.5, 0.6) is 0 Å². The first kappa shape index (κ1) is 25.5. The van der Waals surface area contributed by atoms with Gasteiger partial charge < -0.3 is 10.6 Å². The number of benzene rings is 2. The van der Waals surface area contributed by atoms with E-state index in [9.17, 15) is 18.0 Å². The third kappa shape index (κ3) is 6.69. The minimum atomic E-state index is -3.55. The maximum Gasteiger partial charge on any atom is 0.253 e. The minimum absolute atomic E-state index is 0.180. The van der Waals surface area contributed by atoms with E-state index in [0.29, 0.717) is 46.2 Å². The standard InChI is InChI=1S/C23H27Cl2N3O4S/c1-2-11-26-23(30)18-5-3-4-6-21(18)27-22(29)17-9-12-28(13-10-17)33(31,32)15-16-7-8-19(24)20(25)14-16/h3-8,14,17H,2,9-13,15H2,1H3,(H,26,30)(H,27,29). The van der Waals surface area contributed by atoms with E-state index in [4.69, 9.17) is 23.2 Å². The normalized spacial score (nSPS) is 15.2. The average molecular weight is 512 g/mol. The van der Waals surface area contributed by atoms with Gasteiger partial charge in [-0.15, -0.1) is 0 Å². The van der Waals surface area contributed by atoms with Crippen LogP contribution in [0.25, 0.3) is 0 Å². The van der Waals surface area contributed by atoms with E-state index in [1.807, 2.05) is 6.92 Å². The first-order valence-corrected chi connectivity index (χ1v) is 13.2. The molecule has 1 heterocycles. The van der Waals surface area contributed by atoms with Gasteiger partial charge in [0.1, 0.15) is 0 Å². The molecule has 1 fully saturated rings. The lowest BCUT2D eigenvalue weighted by Gasteiger charge is -2.30. The Labute approximate surface area is 204 Å². The van der Waals surface area contributed by atoms with E-state index < -0.39 is 10.0 Å². The van der Waals surface area contributed by atoms with Crippen molar-refractivity contribution in [2.75, 3.05) is 25.0 Å². The van der Waals surface area contributed by atoms with E-state index in [0.717, 1.165) is 6.42 Å². The molecule has 0 spiro atoms. The van der Waals surface area contributed by atoms with Gasteiger partial charge in [-0.05, 0) is 49.1 Å². The monoisotopic (exact) mass is 511 g/mol. The summed E-state index contributed by atoms with van der Waals surface area (Å²) in [6, 6.07) is 11.6. The van der Waals surface area contributed by atoms with Crippen LogP contribution in [0.1, 0.15) is 42.1 Å². The number of carbonyl (C=O) groups excluding carboxylic acids is 2. The Kier molecular flexibility index (Phi) is 8.75. The maximum absolute atomic E-state index is 12.8. The number of amides is 2. The number of halogens is 2. The van der Waals surface area contributed by atoms with Crippen molar-refractivity contribution in [2.24, 2.45) is 5.92 Å². The van der Waals surface area contributed by atoms with Gasteiger partial charge in [0.25, 0.3) is 5.91 Å². The molecule has 2 amide bonds. The molecule has 0 unspecified atom stereocenters. The summed E-state index contributed by atoms with van der Waals surface area (Å²) in [6.07, 6.45) is 1.61. The molecular weight excluding hydrogens is 485 g/mol. The molecule has 1 aliphatic rings. The molecule has 0 radical (unpaired) electrons. The van der Waals surface area contributed by atoms with Gasteiger partial charge in [0.05, 0.1) is 27.0 Å². The fourth-order valence-electron chi connectivity index (χ4n) is 3.69. The van der Waals surface area contributed by atoms with Crippen molar-refractivity contribution in [1.82, 2.24) is 9.62 Å². The zero-order valence-corrected chi connectivity index (χ0v) is 20.6. The zero-order valence-electron chi connectivity index (χ0n) is 18.3. The van der Waals surface area contributed by atoms with Gasteiger partial charge in [-0.1, -0.05) is 48.3 Å². The molecule has 0 aromatic heterocycles. The molecule has 2 N–H and O–H groups in total. The summed E-state index contributed by atoms with van der Waals surface area (Å²) in [6.45, 7) is 3.02. The van der Waals surface area contributed by atoms with E-state index in [1.165, 1.54) is 4.31 Å². The van der Waals surface area contributed by atoms with Crippen molar-refractivity contribution >= 4 is 50.7 Å². The van der Waals surface area contributed by atoms with Gasteiger partial charge >= 0.3 is 0 Å². The zero-order chi connectivity index (χ0) is 24.0. The quantitative estimate of drug-likeness (QED) is 0.551. The SMILES string of the molecule is CCCNC(=O)c1ccccc1NC(=O)C1CCN(S(=O)(=O)Cc2ccc(Cl)c(Cl)c2)CC1. The second-order valence-corrected chi connectivity index (χ2v) is 10.8. The highest BCUT2D eigenvalue weighted by Gasteiger charge is 2.31. The summed E-state index contributed by atoms with van der Waals surface area (Å²) in [7, 11) is -3.55. The van der Waals surface area contributed by atoms with Gasteiger partial charge in [0.2, 0.25) is 15.9 Å². The number of hydrogen-bond donors (Lipinski definition) is 2. The lowest BCUT2D eigenvalue weighted by Crippen LogP contribution is -2.42. The molecule has 0 saturated carbocycles. The van der Waals surface area contributed by atoms with Crippen LogP contribution >= 0.6 is 23.2 Å². The maximum atomic E-state index is 12.8. The smallest absolute Gasteiger partial charge is 0.253 e. The number of carbonyl (C=O) groups is 2. The van der Waals surface area contributed by atoms with Crippen LogP contribution in [0.4, 0.5) is 5.69 Å². The van der Waals surface area contributed by atoms with Crippen LogP contribution in [0.15, 0.2) is 42.5 Å². The fourth-order valence-corrected chi connectivity index (χ4v) is 5.56. The molecule has 33 heavy (non-hydrogen) atoms. The molecule has 2 aromatic carbocycles. The summed E-state index contributed by atoms with van der Waals surface area (Å²) in [4.78, 5) is 25.2. The van der Waals surface area contributed by atoms with Crippen LogP contribution in [0.3, 0.4) is 0 Å². The topological polar surface area (TPSA) is 95.6 Å². The highest BCUT2D eigenvalue weighted by molar-refractivity contribution is 7.88. The van der Waals surface area contributed by atoms with E-state index in [-0.39, 0.29) is 36.6 Å². The van der Waals surface area contributed by atoms with Crippen molar-refractivity contribution in [3.05, 3.63) is 63.6 Å². The summed E-state index contributed by atoms with van der Waals surface area (Å²) < 4.78 is 27.1. The summed E-state index contributed by atoms with van der Waals surface area (Å²) in [5.74, 6) is -0.975. The lowest BCUT2D eigenvalue weighted by atomic mass is 9.97. The number of para-hydroxylation sites is 1. The second kappa shape index (κ2) is 11.3. The van der Waals surface area contributed by atoms with Crippen LogP contribution in [0.2, 0.25) is 10.0 Å². The van der Waals surface area contributed by atoms with Crippen molar-refractivity contribution in [2.45, 2.75) is 31.9 Å². The number of hydrogen-bond acceptors (Lipinski definition) is 4. The summed E-state index contributed by atoms with van der Waals surface area (Å²) in [5.41, 5.74) is 1.41. The number of nitrogens with one attached hydrogen (secondary N) is 2. The molecule has 2 aromatic rings. The van der Waals surface area contributed by atoms with Crippen LogP contribution in [-0.2, 0) is 20.6 Å². The van der Waals surface area contributed by atoms with E-state index >= 15 is 0 Å². The average Bonchev–Trinajstić information content (AvgIpc) is 2.80. The van der Waals surface area contributed by atoms with Crippen LogP contribution < -0.4 is 10.6 Å². The summed E-state index contributed by atoms with van der Waals surface area (Å²) in [5, 5.41) is 6.34. The number of rotatable bonds is 8. The van der Waals surface area contributed by atoms with E-state index in [1.54, 1.807) is 42.5 Å². The molecule has 178 valence electrons. The van der Waals surface area contributed by atoms with Crippen molar-refractivity contribution in [3.8, 4) is 0 Å². The Hall–Kier alpha value is -2.13. The van der Waals surface area contributed by atoms with Crippen molar-refractivity contribution in [3.63, 3.8) is 0 Å². The highest BCUT2D eigenvalue weighted by Crippen LogP contribution is 2.27. The molecule has 0 atom stereocenters. The number of nitrogens with zero attached hydrogens (tertiary/aromatic N) is 1. The first-order chi connectivity index (χ1) is 15.7. The second-order valence-electron chi connectivity index (χ2n) is 7.97. The molecular formula is C23H27Cl2N3O4S. The predicted molar refractivity (Wildman–Crippen MR) is 131 cm³/mol. The molecule has 10 heteroatoms. The Morgan fingerprint density at radius 2 is 1.76 bits per heavy atom. The lowest BCUT2D eigenvalue weighted by molar-refractivity contribution is -0.120. The van der Waals surface area contributed by atoms with E-state index in [2.05, 4.69) is 10.6 Å². The molecule has 1 aliphatic heterocycles. The van der Waals surface area contributed by atoms with Crippen LogP contribution in [-0.4, -0.2) is 44.2 Å². The fraction of sp³-hybridized carbons (Fsp3) is 0.391. The van der Waals surface area contributed by atoms with Gasteiger partial charge in [0.15, 0.2) is 0 Å². The predicted octanol–water partition coefficient (Wildman–Crippen LogP) is 4.31. The molecule has 7 nitrogen and oxygen atoms in total. The molecule has 0 aliphatic carbocycles.